The second-order valence-electron chi connectivity index (χ2n) is 4.67. The normalized spacial score (nSPS) is 13.8. The molecule has 21 heavy (non-hydrogen) atoms. The fourth-order valence-corrected chi connectivity index (χ4v) is 1.76. The number of aliphatic hydroxyl groups excluding tert-OH is 1. The largest absolute Gasteiger partial charge is 0.435 e. The molecule has 0 saturated carbocycles. The van der Waals surface area contributed by atoms with Crippen LogP contribution in [0, 0.1) is 5.92 Å². The number of carbonyl (C=O) groups is 1. The number of carbonyl (C=O) groups excluding carboxylic acids is 1. The monoisotopic (exact) mass is 302 g/mol. The third-order valence-electron chi connectivity index (χ3n) is 2.92. The maximum atomic E-state index is 12.0. The fraction of sp³-hybridized carbons (Fsp3) is 0.500. The van der Waals surface area contributed by atoms with Crippen LogP contribution in [0.1, 0.15) is 18.6 Å². The number of hydrogen-bond donors (Lipinski definition) is 3. The highest BCUT2D eigenvalue weighted by atomic mass is 19.3. The van der Waals surface area contributed by atoms with Gasteiger partial charge in [-0.05, 0) is 24.7 Å². The Bertz CT molecular complexity index is 440. The van der Waals surface area contributed by atoms with Crippen LogP contribution in [0.15, 0.2) is 24.3 Å². The van der Waals surface area contributed by atoms with Gasteiger partial charge in [0.2, 0.25) is 5.91 Å². The van der Waals surface area contributed by atoms with Crippen LogP contribution in [0.5, 0.6) is 5.75 Å². The summed E-state index contributed by atoms with van der Waals surface area (Å²) in [5, 5.41) is 15.5. The number of amides is 1. The molecule has 0 spiro atoms. The molecule has 0 aliphatic rings. The van der Waals surface area contributed by atoms with Crippen molar-refractivity contribution in [2.24, 2.45) is 5.92 Å². The number of rotatable bonds is 8. The van der Waals surface area contributed by atoms with Crippen molar-refractivity contribution in [1.82, 2.24) is 10.6 Å². The first-order valence-electron chi connectivity index (χ1n) is 6.59. The van der Waals surface area contributed by atoms with Crippen LogP contribution in [-0.4, -0.2) is 37.8 Å². The lowest BCUT2D eigenvalue weighted by Gasteiger charge is -2.15. The number of nitrogens with one attached hydrogen (secondary N) is 2. The third-order valence-corrected chi connectivity index (χ3v) is 2.92. The first-order chi connectivity index (χ1) is 9.93. The predicted molar refractivity (Wildman–Crippen MR) is 74.1 cm³/mol. The summed E-state index contributed by atoms with van der Waals surface area (Å²) in [7, 11) is 1.75. The van der Waals surface area contributed by atoms with E-state index in [0.717, 1.165) is 0 Å². The van der Waals surface area contributed by atoms with Gasteiger partial charge in [-0.25, -0.2) is 0 Å². The van der Waals surface area contributed by atoms with Gasteiger partial charge in [0.15, 0.2) is 0 Å². The van der Waals surface area contributed by atoms with E-state index in [1.807, 2.05) is 0 Å². The van der Waals surface area contributed by atoms with E-state index in [9.17, 15) is 18.7 Å². The molecular formula is C14H20F2N2O3. The van der Waals surface area contributed by atoms with Crippen molar-refractivity contribution in [1.29, 1.82) is 0 Å². The van der Waals surface area contributed by atoms with E-state index in [1.165, 1.54) is 24.3 Å². The zero-order chi connectivity index (χ0) is 15.8. The summed E-state index contributed by atoms with van der Waals surface area (Å²) in [6.45, 7) is -0.508. The minimum Gasteiger partial charge on any atom is -0.435 e. The van der Waals surface area contributed by atoms with Gasteiger partial charge < -0.3 is 20.5 Å². The highest BCUT2D eigenvalue weighted by Gasteiger charge is 2.14. The lowest BCUT2D eigenvalue weighted by molar-refractivity contribution is -0.124. The molecule has 118 valence electrons. The molecule has 0 heterocycles. The lowest BCUT2D eigenvalue weighted by Crippen LogP contribution is -2.36. The number of alkyl halides is 2. The van der Waals surface area contributed by atoms with Crippen LogP contribution < -0.4 is 15.4 Å². The van der Waals surface area contributed by atoms with Crippen LogP contribution in [0.2, 0.25) is 0 Å². The average Bonchev–Trinajstić information content (AvgIpc) is 2.44. The highest BCUT2D eigenvalue weighted by molar-refractivity contribution is 5.78. The second-order valence-corrected chi connectivity index (χ2v) is 4.67. The SMILES string of the molecule is CNCC(C)C(=O)NCC(O)c1ccc(OC(F)F)cc1. The standard InChI is InChI=1S/C14H20F2N2O3/c1-9(7-17-2)13(20)18-8-12(19)10-3-5-11(6-4-10)21-14(15)16/h3-6,9,12,14,17,19H,7-8H2,1-2H3,(H,18,20). The minimum atomic E-state index is -2.88. The van der Waals surface area contributed by atoms with Crippen molar-refractivity contribution in [3.63, 3.8) is 0 Å². The molecule has 7 heteroatoms. The quantitative estimate of drug-likeness (QED) is 0.677. The second kappa shape index (κ2) is 8.53. The van der Waals surface area contributed by atoms with Gasteiger partial charge in [0.25, 0.3) is 0 Å². The summed E-state index contributed by atoms with van der Waals surface area (Å²) in [5.74, 6) is -0.349. The lowest BCUT2D eigenvalue weighted by atomic mass is 10.1. The first-order valence-corrected chi connectivity index (χ1v) is 6.59. The van der Waals surface area contributed by atoms with Crippen LogP contribution in [0.3, 0.4) is 0 Å². The van der Waals surface area contributed by atoms with Gasteiger partial charge in [0, 0.05) is 19.0 Å². The molecule has 3 N–H and O–H groups in total. The Morgan fingerprint density at radius 3 is 2.43 bits per heavy atom. The van der Waals surface area contributed by atoms with Crippen LogP contribution in [0.4, 0.5) is 8.78 Å². The molecule has 5 nitrogen and oxygen atoms in total. The molecule has 0 radical (unpaired) electrons. The Kier molecular flexibility index (Phi) is 7.04. The number of hydrogen-bond acceptors (Lipinski definition) is 4. The maximum Gasteiger partial charge on any atom is 0.387 e. The van der Waals surface area contributed by atoms with E-state index < -0.39 is 12.7 Å². The molecule has 0 fully saturated rings. The van der Waals surface area contributed by atoms with E-state index in [-0.39, 0.29) is 24.1 Å². The summed E-state index contributed by atoms with van der Waals surface area (Å²) < 4.78 is 28.2. The van der Waals surface area contributed by atoms with Gasteiger partial charge in [-0.15, -0.1) is 0 Å². The fourth-order valence-electron chi connectivity index (χ4n) is 1.76. The van der Waals surface area contributed by atoms with E-state index in [0.29, 0.717) is 12.1 Å². The number of aliphatic hydroxyl groups is 1. The van der Waals surface area contributed by atoms with Gasteiger partial charge in [-0.3, -0.25) is 4.79 Å². The molecule has 1 aromatic rings. The van der Waals surface area contributed by atoms with Gasteiger partial charge in [-0.2, -0.15) is 8.78 Å². The van der Waals surface area contributed by atoms with Crippen molar-refractivity contribution in [3.05, 3.63) is 29.8 Å². The zero-order valence-electron chi connectivity index (χ0n) is 12.0. The average molecular weight is 302 g/mol. The molecule has 1 rings (SSSR count). The van der Waals surface area contributed by atoms with E-state index >= 15 is 0 Å². The molecule has 0 bridgehead atoms. The highest BCUT2D eigenvalue weighted by Crippen LogP contribution is 2.19. The Morgan fingerprint density at radius 2 is 1.90 bits per heavy atom. The molecule has 0 saturated heterocycles. The van der Waals surface area contributed by atoms with Gasteiger partial charge in [0.05, 0.1) is 6.10 Å². The first kappa shape index (κ1) is 17.3. The van der Waals surface area contributed by atoms with Crippen molar-refractivity contribution in [2.45, 2.75) is 19.6 Å². The summed E-state index contributed by atoms with van der Waals surface area (Å²) in [6, 6.07) is 5.64. The summed E-state index contributed by atoms with van der Waals surface area (Å²) in [4.78, 5) is 11.7. The topological polar surface area (TPSA) is 70.6 Å². The Hall–Kier alpha value is -1.73. The van der Waals surface area contributed by atoms with Crippen LogP contribution in [-0.2, 0) is 4.79 Å². The molecule has 0 aliphatic carbocycles. The molecule has 0 aromatic heterocycles. The molecular weight excluding hydrogens is 282 g/mol. The van der Waals surface area contributed by atoms with E-state index in [4.69, 9.17) is 0 Å². The molecule has 2 atom stereocenters. The Balaban J connectivity index is 2.48. The third kappa shape index (κ3) is 6.05. The van der Waals surface area contributed by atoms with Crippen molar-refractivity contribution < 1.29 is 23.4 Å². The van der Waals surface area contributed by atoms with Gasteiger partial charge in [-0.1, -0.05) is 19.1 Å². The molecule has 1 amide bonds. The Labute approximate surface area is 122 Å². The Morgan fingerprint density at radius 1 is 1.29 bits per heavy atom. The maximum absolute atomic E-state index is 12.0. The zero-order valence-corrected chi connectivity index (χ0v) is 12.0. The van der Waals surface area contributed by atoms with Gasteiger partial charge >= 0.3 is 6.61 Å². The smallest absolute Gasteiger partial charge is 0.387 e. The van der Waals surface area contributed by atoms with Crippen LogP contribution in [0.25, 0.3) is 0 Å². The van der Waals surface area contributed by atoms with Crippen molar-refractivity contribution >= 4 is 5.91 Å². The number of benzene rings is 1. The number of ether oxygens (including phenoxy) is 1. The predicted octanol–water partition coefficient (Wildman–Crippen LogP) is 1.29. The number of halogens is 2. The molecule has 0 aliphatic heterocycles. The summed E-state index contributed by atoms with van der Waals surface area (Å²) in [5.41, 5.74) is 0.512. The van der Waals surface area contributed by atoms with Crippen molar-refractivity contribution in [2.75, 3.05) is 20.1 Å². The minimum absolute atomic E-state index is 0.0210. The summed E-state index contributed by atoms with van der Waals surface area (Å²) in [6.07, 6.45) is -0.906. The molecule has 2 unspecified atom stereocenters. The van der Waals surface area contributed by atoms with Crippen molar-refractivity contribution in [3.8, 4) is 5.75 Å². The van der Waals surface area contributed by atoms with Gasteiger partial charge in [0.1, 0.15) is 5.75 Å². The summed E-state index contributed by atoms with van der Waals surface area (Å²) >= 11 is 0. The van der Waals surface area contributed by atoms with Crippen LogP contribution >= 0.6 is 0 Å². The van der Waals surface area contributed by atoms with E-state index in [2.05, 4.69) is 15.4 Å². The molecule has 1 aromatic carbocycles. The van der Waals surface area contributed by atoms with E-state index in [1.54, 1.807) is 14.0 Å².